The number of benzene rings is 1. The molecule has 0 unspecified atom stereocenters. The lowest BCUT2D eigenvalue weighted by Crippen LogP contribution is -2.28. The van der Waals surface area contributed by atoms with Crippen LogP contribution in [-0.4, -0.2) is 16.5 Å². The van der Waals surface area contributed by atoms with E-state index in [0.717, 1.165) is 0 Å². The van der Waals surface area contributed by atoms with E-state index in [-0.39, 0.29) is 23.9 Å². The summed E-state index contributed by atoms with van der Waals surface area (Å²) in [6.07, 6.45) is 3.04. The van der Waals surface area contributed by atoms with Gasteiger partial charge in [0.15, 0.2) is 5.84 Å². The number of hydrogen-bond acceptors (Lipinski definition) is 5. The van der Waals surface area contributed by atoms with Gasteiger partial charge in [0.05, 0.1) is 17.1 Å². The second kappa shape index (κ2) is 7.69. The van der Waals surface area contributed by atoms with Gasteiger partial charge in [-0.25, -0.2) is 4.39 Å². The maximum absolute atomic E-state index is 13.7. The zero-order valence-electron chi connectivity index (χ0n) is 12.3. The first-order chi connectivity index (χ1) is 11.1. The summed E-state index contributed by atoms with van der Waals surface area (Å²) in [5.41, 5.74) is 7.13. The first kappa shape index (κ1) is 16.2. The predicted octanol–water partition coefficient (Wildman–Crippen LogP) is 1.49. The van der Waals surface area contributed by atoms with E-state index in [1.54, 1.807) is 42.6 Å². The summed E-state index contributed by atoms with van der Waals surface area (Å²) in [5, 5.41) is 14.4. The molecule has 0 spiro atoms. The minimum absolute atomic E-state index is 0.0158. The molecule has 0 saturated heterocycles. The van der Waals surface area contributed by atoms with E-state index in [1.807, 2.05) is 0 Å². The second-order valence-corrected chi connectivity index (χ2v) is 4.65. The van der Waals surface area contributed by atoms with Crippen molar-refractivity contribution in [3.05, 3.63) is 77.5 Å². The fraction of sp³-hybridized carbons (Fsp3) is 0.0625. The number of amidine groups is 1. The topological polar surface area (TPSA) is 113 Å². The van der Waals surface area contributed by atoms with E-state index in [4.69, 9.17) is 17.0 Å². The van der Waals surface area contributed by atoms with Crippen molar-refractivity contribution in [1.82, 2.24) is 10.3 Å². The summed E-state index contributed by atoms with van der Waals surface area (Å²) in [6, 6.07) is 11.6. The van der Waals surface area contributed by atoms with Gasteiger partial charge in [0, 0.05) is 18.3 Å². The van der Waals surface area contributed by atoms with Crippen LogP contribution in [0.4, 0.5) is 4.39 Å². The van der Waals surface area contributed by atoms with Crippen molar-refractivity contribution in [3.8, 4) is 0 Å². The Morgan fingerprint density at radius 3 is 2.65 bits per heavy atom. The zero-order valence-corrected chi connectivity index (χ0v) is 12.3. The minimum Gasteiger partial charge on any atom is -0.381 e. The zero-order chi connectivity index (χ0) is 16.7. The number of hydrazone groups is 1. The average molecular weight is 312 g/mol. The summed E-state index contributed by atoms with van der Waals surface area (Å²) < 4.78 is 13.7. The normalized spacial score (nSPS) is 12.0. The summed E-state index contributed by atoms with van der Waals surface area (Å²) in [5.74, 6) is 4.89. The molecule has 2 rings (SSSR count). The maximum Gasteiger partial charge on any atom is 0.166 e. The van der Waals surface area contributed by atoms with Crippen molar-refractivity contribution in [3.63, 3.8) is 0 Å². The molecule has 0 bridgehead atoms. The van der Waals surface area contributed by atoms with Crippen LogP contribution in [0.5, 0.6) is 0 Å². The quantitative estimate of drug-likeness (QED) is 0.280. The molecule has 0 aliphatic rings. The molecule has 0 fully saturated rings. The first-order valence-electron chi connectivity index (χ1n) is 6.84. The van der Waals surface area contributed by atoms with Gasteiger partial charge in [-0.05, 0) is 24.3 Å². The van der Waals surface area contributed by atoms with Crippen LogP contribution >= 0.6 is 0 Å². The van der Waals surface area contributed by atoms with Gasteiger partial charge in [-0.1, -0.05) is 24.3 Å². The largest absolute Gasteiger partial charge is 0.381 e. The highest BCUT2D eigenvalue weighted by Gasteiger charge is 2.08. The van der Waals surface area contributed by atoms with Crippen LogP contribution in [-0.2, 0) is 6.54 Å². The molecule has 0 aliphatic heterocycles. The smallest absolute Gasteiger partial charge is 0.166 e. The Morgan fingerprint density at radius 2 is 2.00 bits per heavy atom. The molecular weight excluding hydrogens is 295 g/mol. The third-order valence-electron chi connectivity index (χ3n) is 3.07. The Bertz CT molecular complexity index is 739. The van der Waals surface area contributed by atoms with Crippen LogP contribution in [0.25, 0.3) is 0 Å². The Balaban J connectivity index is 2.19. The second-order valence-electron chi connectivity index (χ2n) is 4.65. The van der Waals surface area contributed by atoms with Gasteiger partial charge in [-0.3, -0.25) is 10.4 Å². The molecular formula is C16H17FN6. The molecule has 0 saturated carbocycles. The summed E-state index contributed by atoms with van der Waals surface area (Å²) in [4.78, 5) is 4.08. The number of nitrogens with two attached hydrogens (primary N) is 2. The minimum atomic E-state index is -0.331. The van der Waals surface area contributed by atoms with E-state index in [1.165, 1.54) is 12.1 Å². The Labute approximate surface area is 133 Å². The van der Waals surface area contributed by atoms with E-state index in [2.05, 4.69) is 15.4 Å². The number of hydrogen-bond donors (Lipinski definition) is 4. The number of aromatic nitrogens is 1. The van der Waals surface area contributed by atoms with E-state index in [0.29, 0.717) is 17.0 Å². The molecule has 0 amide bonds. The third-order valence-corrected chi connectivity index (χ3v) is 3.07. The SMILES string of the molecule is N=C(/C=C(NCc1ccccc1F)/C(N)=N/N)c1ccccn1. The van der Waals surface area contributed by atoms with Gasteiger partial charge < -0.3 is 16.9 Å². The van der Waals surface area contributed by atoms with E-state index < -0.39 is 0 Å². The van der Waals surface area contributed by atoms with E-state index >= 15 is 0 Å². The summed E-state index contributed by atoms with van der Waals surface area (Å²) >= 11 is 0. The molecule has 0 radical (unpaired) electrons. The highest BCUT2D eigenvalue weighted by Crippen LogP contribution is 2.07. The first-order valence-corrected chi connectivity index (χ1v) is 6.84. The summed E-state index contributed by atoms with van der Waals surface area (Å²) in [6.45, 7) is 0.185. The Kier molecular flexibility index (Phi) is 5.40. The molecule has 7 heteroatoms. The summed E-state index contributed by atoms with van der Waals surface area (Å²) in [7, 11) is 0. The molecule has 118 valence electrons. The fourth-order valence-electron chi connectivity index (χ4n) is 1.86. The number of pyridine rings is 1. The molecule has 2 aromatic rings. The van der Waals surface area contributed by atoms with Crippen molar-refractivity contribution < 1.29 is 4.39 Å². The van der Waals surface area contributed by atoms with Crippen molar-refractivity contribution in [2.45, 2.75) is 6.54 Å². The van der Waals surface area contributed by atoms with Crippen LogP contribution < -0.4 is 16.9 Å². The van der Waals surface area contributed by atoms with Gasteiger partial charge in [0.25, 0.3) is 0 Å². The van der Waals surface area contributed by atoms with Crippen LogP contribution in [0.2, 0.25) is 0 Å². The average Bonchev–Trinajstić information content (AvgIpc) is 2.59. The van der Waals surface area contributed by atoms with Crippen LogP contribution in [0, 0.1) is 11.2 Å². The lowest BCUT2D eigenvalue weighted by atomic mass is 10.1. The van der Waals surface area contributed by atoms with Crippen LogP contribution in [0.15, 0.2) is 65.5 Å². The van der Waals surface area contributed by atoms with Gasteiger partial charge in [0.2, 0.25) is 0 Å². The van der Waals surface area contributed by atoms with Crippen molar-refractivity contribution in [1.29, 1.82) is 5.41 Å². The monoisotopic (exact) mass is 312 g/mol. The highest BCUT2D eigenvalue weighted by molar-refractivity contribution is 6.10. The number of nitrogens with zero attached hydrogens (tertiary/aromatic N) is 2. The van der Waals surface area contributed by atoms with E-state index in [9.17, 15) is 4.39 Å². The van der Waals surface area contributed by atoms with Gasteiger partial charge in [0.1, 0.15) is 5.82 Å². The standard InChI is InChI=1S/C16H17FN6/c17-12-6-2-1-5-11(12)10-22-15(16(19)23-20)9-13(18)14-7-3-4-8-21-14/h1-9,18,22H,10,20H2,(H2,19,23)/b15-9-,18-13?. The predicted molar refractivity (Wildman–Crippen MR) is 88.2 cm³/mol. The van der Waals surface area contributed by atoms with Gasteiger partial charge in [-0.15, -0.1) is 0 Å². The van der Waals surface area contributed by atoms with Crippen molar-refractivity contribution >= 4 is 11.5 Å². The maximum atomic E-state index is 13.7. The molecule has 23 heavy (non-hydrogen) atoms. The lowest BCUT2D eigenvalue weighted by Gasteiger charge is -2.11. The van der Waals surface area contributed by atoms with Crippen LogP contribution in [0.3, 0.4) is 0 Å². The number of halogens is 1. The number of nitrogens with one attached hydrogen (secondary N) is 2. The molecule has 0 aliphatic carbocycles. The highest BCUT2D eigenvalue weighted by atomic mass is 19.1. The molecule has 0 atom stereocenters. The molecule has 6 N–H and O–H groups in total. The van der Waals surface area contributed by atoms with Gasteiger partial charge >= 0.3 is 0 Å². The van der Waals surface area contributed by atoms with Crippen molar-refractivity contribution in [2.24, 2.45) is 16.7 Å². The number of rotatable bonds is 6. The molecule has 1 aromatic carbocycles. The molecule has 1 aromatic heterocycles. The number of allylic oxidation sites excluding steroid dienone is 1. The molecule has 6 nitrogen and oxygen atoms in total. The van der Waals surface area contributed by atoms with Crippen LogP contribution in [0.1, 0.15) is 11.3 Å². The Morgan fingerprint density at radius 1 is 1.26 bits per heavy atom. The third kappa shape index (κ3) is 4.37. The lowest BCUT2D eigenvalue weighted by molar-refractivity contribution is 0.603. The van der Waals surface area contributed by atoms with Crippen molar-refractivity contribution in [2.75, 3.05) is 0 Å². The molecule has 1 heterocycles. The Hall–Kier alpha value is -3.22. The fourth-order valence-corrected chi connectivity index (χ4v) is 1.86. The van der Waals surface area contributed by atoms with Gasteiger partial charge in [-0.2, -0.15) is 5.10 Å².